The lowest BCUT2D eigenvalue weighted by molar-refractivity contribution is 0.271. The maximum absolute atomic E-state index is 9.82. The number of rotatable bonds is 10. The van der Waals surface area contributed by atoms with Crippen molar-refractivity contribution in [2.75, 3.05) is 0 Å². The number of allylic oxidation sites excluding steroid dienone is 6. The summed E-state index contributed by atoms with van der Waals surface area (Å²) >= 11 is 6.28. The number of aliphatic hydroxyl groups is 1. The quantitative estimate of drug-likeness (QED) is 0.343. The topological polar surface area (TPSA) is 61.9 Å². The van der Waals surface area contributed by atoms with E-state index in [1.165, 1.54) is 0 Å². The minimum absolute atomic E-state index is 0.137. The average molecular weight is 426 g/mol. The Balaban J connectivity index is 2.41. The highest BCUT2D eigenvalue weighted by atomic mass is 35.5. The molecule has 0 radical (unpaired) electrons. The van der Waals surface area contributed by atoms with Crippen LogP contribution in [0.2, 0.25) is 5.15 Å². The lowest BCUT2D eigenvalue weighted by atomic mass is 9.97. The van der Waals surface area contributed by atoms with Crippen molar-refractivity contribution < 1.29 is 5.11 Å². The van der Waals surface area contributed by atoms with Crippen LogP contribution in [-0.4, -0.2) is 20.4 Å². The van der Waals surface area contributed by atoms with Gasteiger partial charge >= 0.3 is 0 Å². The number of aliphatic hydroxyl groups excluding tert-OH is 1. The third-order valence-corrected chi connectivity index (χ3v) is 5.33. The first kappa shape index (κ1) is 23.8. The Morgan fingerprint density at radius 1 is 1.20 bits per heavy atom. The molecule has 0 bridgehead atoms. The van der Waals surface area contributed by atoms with Gasteiger partial charge in [-0.25, -0.2) is 4.98 Å². The third kappa shape index (κ3) is 6.04. The second kappa shape index (κ2) is 11.7. The molecule has 2 rings (SSSR count). The number of benzene rings is 1. The van der Waals surface area contributed by atoms with E-state index in [2.05, 4.69) is 37.1 Å². The van der Waals surface area contributed by atoms with Crippen LogP contribution in [0.5, 0.6) is 0 Å². The summed E-state index contributed by atoms with van der Waals surface area (Å²) in [6.45, 7) is 8.46. The van der Waals surface area contributed by atoms with E-state index in [9.17, 15) is 5.11 Å². The highest BCUT2D eigenvalue weighted by Crippen LogP contribution is 2.23. The summed E-state index contributed by atoms with van der Waals surface area (Å²) < 4.78 is 2.03. The molecule has 0 amide bonds. The molecule has 0 fully saturated rings. The number of unbranched alkanes of at least 4 members (excludes halogenated alkanes) is 1. The van der Waals surface area contributed by atoms with Crippen molar-refractivity contribution in [1.29, 1.82) is 5.41 Å². The van der Waals surface area contributed by atoms with Gasteiger partial charge in [0.2, 0.25) is 0 Å². The van der Waals surface area contributed by atoms with Gasteiger partial charge in [0.1, 0.15) is 5.82 Å². The lowest BCUT2D eigenvalue weighted by Gasteiger charge is -2.12. The molecular weight excluding hydrogens is 394 g/mol. The Labute approximate surface area is 185 Å². The fourth-order valence-electron chi connectivity index (χ4n) is 3.40. The fraction of sp³-hybridized carbons (Fsp3) is 0.360. The molecule has 0 aliphatic rings. The van der Waals surface area contributed by atoms with E-state index in [0.29, 0.717) is 23.1 Å². The van der Waals surface area contributed by atoms with E-state index < -0.39 is 0 Å². The normalized spacial score (nSPS) is 12.7. The molecule has 1 aromatic carbocycles. The molecule has 0 spiro atoms. The molecule has 160 valence electrons. The van der Waals surface area contributed by atoms with Gasteiger partial charge in [0.05, 0.1) is 12.3 Å². The zero-order chi connectivity index (χ0) is 22.1. The van der Waals surface area contributed by atoms with Crippen molar-refractivity contribution in [3.05, 3.63) is 81.9 Å². The summed E-state index contributed by atoms with van der Waals surface area (Å²) in [5.74, 6) is 0.909. The summed E-state index contributed by atoms with van der Waals surface area (Å²) in [4.78, 5) is 4.48. The monoisotopic (exact) mass is 425 g/mol. The largest absolute Gasteiger partial charge is 0.390 e. The van der Waals surface area contributed by atoms with Crippen LogP contribution in [0.1, 0.15) is 63.2 Å². The Hall–Kier alpha value is -2.43. The van der Waals surface area contributed by atoms with Crippen LogP contribution < -0.4 is 0 Å². The molecule has 30 heavy (non-hydrogen) atoms. The SMILES string of the molecule is C\C=C/C(=C\C=C(/C)c1ccccc1C(C)=N)Cn1c(CCCC)nc(Cl)c1CO. The number of nitrogens with zero attached hydrogens (tertiary/aromatic N) is 2. The molecule has 1 aromatic heterocycles. The number of aromatic nitrogens is 2. The van der Waals surface area contributed by atoms with Crippen LogP contribution >= 0.6 is 11.6 Å². The number of halogens is 1. The smallest absolute Gasteiger partial charge is 0.152 e. The Kier molecular flexibility index (Phi) is 9.28. The molecule has 0 aliphatic carbocycles. The second-order valence-electron chi connectivity index (χ2n) is 7.38. The zero-order valence-corrected chi connectivity index (χ0v) is 19.1. The van der Waals surface area contributed by atoms with Crippen molar-refractivity contribution in [3.8, 4) is 0 Å². The zero-order valence-electron chi connectivity index (χ0n) is 18.4. The Morgan fingerprint density at radius 3 is 2.50 bits per heavy atom. The van der Waals surface area contributed by atoms with Gasteiger partial charge in [0.25, 0.3) is 0 Å². The van der Waals surface area contributed by atoms with Crippen molar-refractivity contribution >= 4 is 22.9 Å². The number of nitrogens with one attached hydrogen (secondary N) is 1. The number of imidazole rings is 1. The van der Waals surface area contributed by atoms with Gasteiger partial charge in [-0.05, 0) is 43.9 Å². The maximum Gasteiger partial charge on any atom is 0.152 e. The van der Waals surface area contributed by atoms with Gasteiger partial charge in [-0.2, -0.15) is 0 Å². The van der Waals surface area contributed by atoms with Crippen molar-refractivity contribution in [1.82, 2.24) is 9.55 Å². The third-order valence-electron chi connectivity index (χ3n) is 5.03. The minimum atomic E-state index is -0.137. The number of aryl methyl sites for hydroxylation is 1. The first-order chi connectivity index (χ1) is 14.4. The van der Waals surface area contributed by atoms with Crippen molar-refractivity contribution in [3.63, 3.8) is 0 Å². The Morgan fingerprint density at radius 2 is 1.90 bits per heavy atom. The Bertz CT molecular complexity index is 967. The molecule has 0 aliphatic heterocycles. The summed E-state index contributed by atoms with van der Waals surface area (Å²) in [6.07, 6.45) is 11.2. The van der Waals surface area contributed by atoms with Crippen molar-refractivity contribution in [2.45, 2.75) is 60.1 Å². The molecule has 0 saturated heterocycles. The molecule has 0 unspecified atom stereocenters. The van der Waals surface area contributed by atoms with Crippen LogP contribution in [0.3, 0.4) is 0 Å². The average Bonchev–Trinajstić information content (AvgIpc) is 3.04. The van der Waals surface area contributed by atoms with Gasteiger partial charge < -0.3 is 15.1 Å². The summed E-state index contributed by atoms with van der Waals surface area (Å²) in [7, 11) is 0. The molecule has 2 N–H and O–H groups in total. The predicted molar refractivity (Wildman–Crippen MR) is 127 cm³/mol. The van der Waals surface area contributed by atoms with E-state index in [1.807, 2.05) is 48.8 Å². The summed E-state index contributed by atoms with van der Waals surface area (Å²) in [5.41, 5.74) is 5.39. The minimum Gasteiger partial charge on any atom is -0.390 e. The lowest BCUT2D eigenvalue weighted by Crippen LogP contribution is -2.09. The van der Waals surface area contributed by atoms with Crippen LogP contribution in [0.4, 0.5) is 0 Å². The van der Waals surface area contributed by atoms with Crippen molar-refractivity contribution in [2.24, 2.45) is 0 Å². The van der Waals surface area contributed by atoms with Crippen LogP contribution in [0.25, 0.3) is 5.57 Å². The van der Waals surface area contributed by atoms with E-state index >= 15 is 0 Å². The van der Waals surface area contributed by atoms with Gasteiger partial charge in [-0.15, -0.1) is 0 Å². The molecular formula is C25H32ClN3O. The fourth-order valence-corrected chi connectivity index (χ4v) is 3.66. The van der Waals surface area contributed by atoms with Gasteiger partial charge in [0.15, 0.2) is 5.15 Å². The summed E-state index contributed by atoms with van der Waals surface area (Å²) in [6, 6.07) is 7.98. The highest BCUT2D eigenvalue weighted by Gasteiger charge is 2.15. The van der Waals surface area contributed by atoms with Crippen LogP contribution in [0.15, 0.2) is 54.1 Å². The van der Waals surface area contributed by atoms with Gasteiger partial charge in [-0.3, -0.25) is 0 Å². The van der Waals surface area contributed by atoms with E-state index in [-0.39, 0.29) is 6.61 Å². The molecule has 0 atom stereocenters. The maximum atomic E-state index is 9.82. The van der Waals surface area contributed by atoms with E-state index in [1.54, 1.807) is 0 Å². The first-order valence-electron chi connectivity index (χ1n) is 10.4. The van der Waals surface area contributed by atoms with E-state index in [0.717, 1.165) is 47.4 Å². The number of hydrogen-bond donors (Lipinski definition) is 2. The highest BCUT2D eigenvalue weighted by molar-refractivity contribution is 6.30. The van der Waals surface area contributed by atoms with Gasteiger partial charge in [0, 0.05) is 24.2 Å². The molecule has 4 nitrogen and oxygen atoms in total. The van der Waals surface area contributed by atoms with Gasteiger partial charge in [-0.1, -0.05) is 73.5 Å². The van der Waals surface area contributed by atoms with Crippen LogP contribution in [0, 0.1) is 5.41 Å². The second-order valence-corrected chi connectivity index (χ2v) is 7.73. The molecule has 5 heteroatoms. The molecule has 0 saturated carbocycles. The number of hydrogen-bond acceptors (Lipinski definition) is 3. The van der Waals surface area contributed by atoms with Crippen LogP contribution in [-0.2, 0) is 19.6 Å². The summed E-state index contributed by atoms with van der Waals surface area (Å²) in [5, 5.41) is 18.2. The predicted octanol–water partition coefficient (Wildman–Crippen LogP) is 6.37. The first-order valence-corrected chi connectivity index (χ1v) is 10.8. The molecule has 2 aromatic rings. The molecule has 1 heterocycles. The standard InChI is InChI=1S/C25H32ClN3O/c1-5-7-13-24-28-25(26)23(17-30)29(24)16-20(10-6-2)15-14-18(3)21-11-8-9-12-22(21)19(4)27/h6,8-12,14-15,27,30H,5,7,13,16-17H2,1-4H3/b10-6-,18-14+,20-15+,27-19?. The van der Waals surface area contributed by atoms with E-state index in [4.69, 9.17) is 17.0 Å².